The highest BCUT2D eigenvalue weighted by atomic mass is 32.1. The van der Waals surface area contributed by atoms with Gasteiger partial charge in [0.2, 0.25) is 0 Å². The van der Waals surface area contributed by atoms with Crippen molar-refractivity contribution in [3.63, 3.8) is 0 Å². The lowest BCUT2D eigenvalue weighted by atomic mass is 10.2. The highest BCUT2D eigenvalue weighted by molar-refractivity contribution is 7.80. The number of anilines is 1. The summed E-state index contributed by atoms with van der Waals surface area (Å²) in [6, 6.07) is 13.5. The SMILES string of the molecule is COc1ccc(CNC(=S)Nc2ccccn2)cc1. The van der Waals surface area contributed by atoms with Crippen LogP contribution < -0.4 is 15.4 Å². The van der Waals surface area contributed by atoms with E-state index < -0.39 is 0 Å². The van der Waals surface area contributed by atoms with Crippen LogP contribution in [0.1, 0.15) is 5.56 Å². The van der Waals surface area contributed by atoms with Crippen LogP contribution in [-0.4, -0.2) is 17.2 Å². The maximum Gasteiger partial charge on any atom is 0.172 e. The Morgan fingerprint density at radius 3 is 2.63 bits per heavy atom. The third-order valence-corrected chi connectivity index (χ3v) is 2.77. The van der Waals surface area contributed by atoms with Gasteiger partial charge in [0.05, 0.1) is 7.11 Å². The normalized spacial score (nSPS) is 9.74. The predicted octanol–water partition coefficient (Wildman–Crippen LogP) is 2.58. The molecule has 1 aromatic heterocycles. The van der Waals surface area contributed by atoms with Gasteiger partial charge in [0.15, 0.2) is 5.11 Å². The number of rotatable bonds is 4. The summed E-state index contributed by atoms with van der Waals surface area (Å²) >= 11 is 5.20. The van der Waals surface area contributed by atoms with Gasteiger partial charge in [-0.2, -0.15) is 0 Å². The first-order valence-corrected chi connectivity index (χ1v) is 6.27. The summed E-state index contributed by atoms with van der Waals surface area (Å²) in [5.41, 5.74) is 1.13. The molecule has 0 atom stereocenters. The molecule has 0 fully saturated rings. The van der Waals surface area contributed by atoms with Gasteiger partial charge in [-0.05, 0) is 42.0 Å². The fraction of sp³-hybridized carbons (Fsp3) is 0.143. The molecule has 0 aliphatic carbocycles. The molecule has 19 heavy (non-hydrogen) atoms. The van der Waals surface area contributed by atoms with E-state index >= 15 is 0 Å². The van der Waals surface area contributed by atoms with E-state index in [2.05, 4.69) is 15.6 Å². The maximum absolute atomic E-state index is 5.20. The third kappa shape index (κ3) is 4.22. The van der Waals surface area contributed by atoms with E-state index in [0.717, 1.165) is 17.1 Å². The Hall–Kier alpha value is -2.14. The third-order valence-electron chi connectivity index (χ3n) is 2.52. The Labute approximate surface area is 117 Å². The number of pyridine rings is 1. The van der Waals surface area contributed by atoms with E-state index in [4.69, 9.17) is 17.0 Å². The van der Waals surface area contributed by atoms with Crippen LogP contribution in [0.2, 0.25) is 0 Å². The monoisotopic (exact) mass is 273 g/mol. The largest absolute Gasteiger partial charge is 0.497 e. The first-order valence-electron chi connectivity index (χ1n) is 5.87. The fourth-order valence-electron chi connectivity index (χ4n) is 1.52. The van der Waals surface area contributed by atoms with Gasteiger partial charge in [-0.15, -0.1) is 0 Å². The molecule has 0 aliphatic heterocycles. The molecule has 1 aromatic carbocycles. The Balaban J connectivity index is 1.83. The summed E-state index contributed by atoms with van der Waals surface area (Å²) in [7, 11) is 1.65. The van der Waals surface area contributed by atoms with E-state index in [9.17, 15) is 0 Å². The Morgan fingerprint density at radius 1 is 1.21 bits per heavy atom. The van der Waals surface area contributed by atoms with E-state index in [0.29, 0.717) is 11.7 Å². The second-order valence-electron chi connectivity index (χ2n) is 3.87. The number of ether oxygens (including phenoxy) is 1. The second kappa shape index (κ2) is 6.70. The fourth-order valence-corrected chi connectivity index (χ4v) is 1.70. The van der Waals surface area contributed by atoms with Crippen LogP contribution in [0, 0.1) is 0 Å². The van der Waals surface area contributed by atoms with Crippen molar-refractivity contribution >= 4 is 23.1 Å². The van der Waals surface area contributed by atoms with Crippen LogP contribution in [0.15, 0.2) is 48.7 Å². The van der Waals surface area contributed by atoms with Gasteiger partial charge in [0, 0.05) is 12.7 Å². The summed E-state index contributed by atoms with van der Waals surface area (Å²) < 4.78 is 5.11. The number of thiocarbonyl (C=S) groups is 1. The summed E-state index contributed by atoms with van der Waals surface area (Å²) in [4.78, 5) is 4.14. The smallest absolute Gasteiger partial charge is 0.172 e. The van der Waals surface area contributed by atoms with Crippen LogP contribution in [0.25, 0.3) is 0 Å². The van der Waals surface area contributed by atoms with Crippen LogP contribution in [-0.2, 0) is 6.54 Å². The van der Waals surface area contributed by atoms with Crippen molar-refractivity contribution < 1.29 is 4.74 Å². The molecule has 0 saturated carbocycles. The summed E-state index contributed by atoms with van der Waals surface area (Å²) in [6.07, 6.45) is 1.72. The minimum Gasteiger partial charge on any atom is -0.497 e. The molecule has 0 saturated heterocycles. The first kappa shape index (κ1) is 13.3. The van der Waals surface area contributed by atoms with Gasteiger partial charge in [0.1, 0.15) is 11.6 Å². The van der Waals surface area contributed by atoms with Gasteiger partial charge < -0.3 is 15.4 Å². The molecule has 1 heterocycles. The van der Waals surface area contributed by atoms with Crippen LogP contribution in [0.3, 0.4) is 0 Å². The molecule has 0 radical (unpaired) electrons. The molecule has 0 bridgehead atoms. The number of nitrogens with one attached hydrogen (secondary N) is 2. The number of benzene rings is 1. The molecule has 98 valence electrons. The number of nitrogens with zero attached hydrogens (tertiary/aromatic N) is 1. The van der Waals surface area contributed by atoms with Gasteiger partial charge in [-0.25, -0.2) is 4.98 Å². The minimum absolute atomic E-state index is 0.550. The van der Waals surface area contributed by atoms with E-state index in [1.807, 2.05) is 42.5 Å². The second-order valence-corrected chi connectivity index (χ2v) is 4.28. The zero-order valence-corrected chi connectivity index (χ0v) is 11.4. The molecule has 0 amide bonds. The first-order chi connectivity index (χ1) is 9.28. The number of methoxy groups -OCH3 is 1. The van der Waals surface area contributed by atoms with Crippen molar-refractivity contribution in [1.82, 2.24) is 10.3 Å². The van der Waals surface area contributed by atoms with Crippen LogP contribution >= 0.6 is 12.2 Å². The average Bonchev–Trinajstić information content (AvgIpc) is 2.47. The van der Waals surface area contributed by atoms with Crippen molar-refractivity contribution in [3.8, 4) is 5.75 Å². The van der Waals surface area contributed by atoms with E-state index in [1.165, 1.54) is 0 Å². The van der Waals surface area contributed by atoms with Gasteiger partial charge in [-0.1, -0.05) is 18.2 Å². The minimum atomic E-state index is 0.550. The molecule has 0 aliphatic rings. The summed E-state index contributed by atoms with van der Waals surface area (Å²) in [5, 5.41) is 6.69. The Morgan fingerprint density at radius 2 is 2.00 bits per heavy atom. The summed E-state index contributed by atoms with van der Waals surface area (Å²) in [6.45, 7) is 0.655. The van der Waals surface area contributed by atoms with Crippen LogP contribution in [0.5, 0.6) is 5.75 Å². The zero-order chi connectivity index (χ0) is 13.5. The quantitative estimate of drug-likeness (QED) is 0.838. The van der Waals surface area contributed by atoms with Crippen molar-refractivity contribution in [1.29, 1.82) is 0 Å². The van der Waals surface area contributed by atoms with E-state index in [1.54, 1.807) is 13.3 Å². The lowest BCUT2D eigenvalue weighted by Crippen LogP contribution is -2.28. The number of hydrogen-bond acceptors (Lipinski definition) is 3. The maximum atomic E-state index is 5.20. The molecule has 4 nitrogen and oxygen atoms in total. The summed E-state index contributed by atoms with van der Waals surface area (Å²) in [5.74, 6) is 1.58. The van der Waals surface area contributed by atoms with Gasteiger partial charge in [0.25, 0.3) is 0 Å². The lowest BCUT2D eigenvalue weighted by molar-refractivity contribution is 0.414. The molecule has 0 unspecified atom stereocenters. The molecular weight excluding hydrogens is 258 g/mol. The van der Waals surface area contributed by atoms with Crippen LogP contribution in [0.4, 0.5) is 5.82 Å². The van der Waals surface area contributed by atoms with Gasteiger partial charge >= 0.3 is 0 Å². The number of hydrogen-bond donors (Lipinski definition) is 2. The predicted molar refractivity (Wildman–Crippen MR) is 80.3 cm³/mol. The van der Waals surface area contributed by atoms with Gasteiger partial charge in [-0.3, -0.25) is 0 Å². The Bertz CT molecular complexity index is 528. The molecule has 5 heteroatoms. The topological polar surface area (TPSA) is 46.2 Å². The highest BCUT2D eigenvalue weighted by Crippen LogP contribution is 2.11. The average molecular weight is 273 g/mol. The lowest BCUT2D eigenvalue weighted by Gasteiger charge is -2.10. The molecule has 2 N–H and O–H groups in total. The Kier molecular flexibility index (Phi) is 4.69. The zero-order valence-electron chi connectivity index (χ0n) is 10.6. The number of aromatic nitrogens is 1. The molecule has 2 rings (SSSR count). The van der Waals surface area contributed by atoms with Crippen molar-refractivity contribution in [2.75, 3.05) is 12.4 Å². The van der Waals surface area contributed by atoms with Crippen molar-refractivity contribution in [2.45, 2.75) is 6.54 Å². The standard InChI is InChI=1S/C14H15N3OS/c1-18-12-7-5-11(6-8-12)10-16-14(19)17-13-4-2-3-9-15-13/h2-9H,10H2,1H3,(H2,15,16,17,19). The molecule has 2 aromatic rings. The van der Waals surface area contributed by atoms with Crippen molar-refractivity contribution in [2.24, 2.45) is 0 Å². The van der Waals surface area contributed by atoms with Crippen molar-refractivity contribution in [3.05, 3.63) is 54.2 Å². The highest BCUT2D eigenvalue weighted by Gasteiger charge is 1.99. The van der Waals surface area contributed by atoms with E-state index in [-0.39, 0.29) is 0 Å². The molecular formula is C14H15N3OS. The molecule has 0 spiro atoms.